The number of rotatable bonds is 4. The SMILES string of the molecule is CCN(Cc1sc2ccccc2c1Cl)C1CNC1. The Morgan fingerprint density at radius 1 is 1.39 bits per heavy atom. The molecule has 3 rings (SSSR count). The monoisotopic (exact) mass is 280 g/mol. The molecule has 1 aromatic carbocycles. The van der Waals surface area contributed by atoms with Crippen molar-refractivity contribution in [2.45, 2.75) is 19.5 Å². The maximum atomic E-state index is 6.49. The molecule has 0 aliphatic carbocycles. The smallest absolute Gasteiger partial charge is 0.0637 e. The quantitative estimate of drug-likeness (QED) is 0.924. The Balaban J connectivity index is 1.87. The molecular weight excluding hydrogens is 264 g/mol. The number of benzene rings is 1. The Morgan fingerprint density at radius 2 is 2.17 bits per heavy atom. The summed E-state index contributed by atoms with van der Waals surface area (Å²) in [6.45, 7) is 6.49. The Morgan fingerprint density at radius 3 is 2.78 bits per heavy atom. The van der Waals surface area contributed by atoms with Crippen LogP contribution in [0.4, 0.5) is 0 Å². The lowest BCUT2D eigenvalue weighted by atomic mass is 10.1. The van der Waals surface area contributed by atoms with Crippen molar-refractivity contribution in [3.63, 3.8) is 0 Å². The minimum absolute atomic E-state index is 0.677. The van der Waals surface area contributed by atoms with Gasteiger partial charge in [0, 0.05) is 40.6 Å². The van der Waals surface area contributed by atoms with E-state index in [9.17, 15) is 0 Å². The van der Waals surface area contributed by atoms with E-state index < -0.39 is 0 Å². The zero-order valence-electron chi connectivity index (χ0n) is 10.4. The van der Waals surface area contributed by atoms with E-state index in [-0.39, 0.29) is 0 Å². The summed E-state index contributed by atoms with van der Waals surface area (Å²) >= 11 is 8.32. The van der Waals surface area contributed by atoms with Crippen LogP contribution in [-0.2, 0) is 6.54 Å². The Bertz CT molecular complexity index is 548. The van der Waals surface area contributed by atoms with Gasteiger partial charge in [-0.3, -0.25) is 4.90 Å². The van der Waals surface area contributed by atoms with E-state index in [1.165, 1.54) is 15.0 Å². The third-order valence-corrected chi connectivity index (χ3v) is 5.33. The van der Waals surface area contributed by atoms with E-state index in [2.05, 4.69) is 41.4 Å². The molecule has 18 heavy (non-hydrogen) atoms. The van der Waals surface area contributed by atoms with Gasteiger partial charge >= 0.3 is 0 Å². The predicted octanol–water partition coefficient (Wildman–Crippen LogP) is 3.35. The molecule has 2 aromatic rings. The van der Waals surface area contributed by atoms with Gasteiger partial charge < -0.3 is 5.32 Å². The number of nitrogens with one attached hydrogen (secondary N) is 1. The summed E-state index contributed by atoms with van der Waals surface area (Å²) < 4.78 is 1.29. The first-order chi connectivity index (χ1) is 8.79. The number of hydrogen-bond donors (Lipinski definition) is 1. The van der Waals surface area contributed by atoms with Crippen molar-refractivity contribution in [2.24, 2.45) is 0 Å². The largest absolute Gasteiger partial charge is 0.314 e. The number of likely N-dealkylation sites (N-methyl/N-ethyl adjacent to an activating group) is 1. The van der Waals surface area contributed by atoms with Crippen LogP contribution in [0.5, 0.6) is 0 Å². The van der Waals surface area contributed by atoms with Crippen LogP contribution in [0.25, 0.3) is 10.1 Å². The van der Waals surface area contributed by atoms with Crippen LogP contribution >= 0.6 is 22.9 Å². The molecule has 2 nitrogen and oxygen atoms in total. The third-order valence-electron chi connectivity index (χ3n) is 3.63. The number of halogens is 1. The number of fused-ring (bicyclic) bond motifs is 1. The van der Waals surface area contributed by atoms with E-state index in [1.54, 1.807) is 0 Å². The molecule has 2 heterocycles. The number of thiophene rings is 1. The maximum absolute atomic E-state index is 6.49. The van der Waals surface area contributed by atoms with Gasteiger partial charge in [0.05, 0.1) is 5.02 Å². The lowest BCUT2D eigenvalue weighted by Gasteiger charge is -2.37. The summed E-state index contributed by atoms with van der Waals surface area (Å²) in [5.41, 5.74) is 0. The highest BCUT2D eigenvalue weighted by Crippen LogP contribution is 2.36. The summed E-state index contributed by atoms with van der Waals surface area (Å²) in [5, 5.41) is 5.47. The minimum atomic E-state index is 0.677. The van der Waals surface area contributed by atoms with E-state index in [1.807, 2.05) is 11.3 Å². The summed E-state index contributed by atoms with van der Waals surface area (Å²) in [4.78, 5) is 3.80. The van der Waals surface area contributed by atoms with Crippen molar-refractivity contribution in [1.29, 1.82) is 0 Å². The second kappa shape index (κ2) is 5.17. The average Bonchev–Trinajstić information content (AvgIpc) is 2.64. The van der Waals surface area contributed by atoms with Crippen LogP contribution in [0.15, 0.2) is 24.3 Å². The van der Waals surface area contributed by atoms with Crippen molar-refractivity contribution >= 4 is 33.0 Å². The first kappa shape index (κ1) is 12.4. The second-order valence-corrected chi connectivity index (χ2v) is 6.23. The van der Waals surface area contributed by atoms with Crippen LogP contribution in [-0.4, -0.2) is 30.6 Å². The lowest BCUT2D eigenvalue weighted by molar-refractivity contribution is 0.146. The molecular formula is C14H17ClN2S. The zero-order valence-corrected chi connectivity index (χ0v) is 12.0. The predicted molar refractivity (Wildman–Crippen MR) is 79.6 cm³/mol. The lowest BCUT2D eigenvalue weighted by Crippen LogP contribution is -2.56. The molecule has 0 radical (unpaired) electrons. The van der Waals surface area contributed by atoms with Gasteiger partial charge in [-0.05, 0) is 12.6 Å². The van der Waals surface area contributed by atoms with Crippen LogP contribution in [0.2, 0.25) is 5.02 Å². The molecule has 1 N–H and O–H groups in total. The average molecular weight is 281 g/mol. The van der Waals surface area contributed by atoms with Gasteiger partial charge in [0.25, 0.3) is 0 Å². The van der Waals surface area contributed by atoms with Gasteiger partial charge in [0.1, 0.15) is 0 Å². The van der Waals surface area contributed by atoms with Crippen molar-refractivity contribution < 1.29 is 0 Å². The van der Waals surface area contributed by atoms with E-state index in [0.717, 1.165) is 31.2 Å². The Hall–Kier alpha value is -0.610. The molecule has 0 unspecified atom stereocenters. The van der Waals surface area contributed by atoms with E-state index in [0.29, 0.717) is 6.04 Å². The molecule has 1 fully saturated rings. The molecule has 0 amide bonds. The number of nitrogens with zero attached hydrogens (tertiary/aromatic N) is 1. The molecule has 0 bridgehead atoms. The second-order valence-electron chi connectivity index (χ2n) is 4.71. The molecule has 0 atom stereocenters. The molecule has 1 saturated heterocycles. The first-order valence-electron chi connectivity index (χ1n) is 6.40. The van der Waals surface area contributed by atoms with Crippen LogP contribution < -0.4 is 5.32 Å². The van der Waals surface area contributed by atoms with Gasteiger partial charge in [-0.15, -0.1) is 11.3 Å². The van der Waals surface area contributed by atoms with Crippen molar-refractivity contribution in [1.82, 2.24) is 10.2 Å². The summed E-state index contributed by atoms with van der Waals surface area (Å²) in [6, 6.07) is 9.07. The maximum Gasteiger partial charge on any atom is 0.0637 e. The molecule has 0 spiro atoms. The van der Waals surface area contributed by atoms with Crippen molar-refractivity contribution in [3.05, 3.63) is 34.2 Å². The summed E-state index contributed by atoms with van der Waals surface area (Å²) in [6.07, 6.45) is 0. The highest BCUT2D eigenvalue weighted by molar-refractivity contribution is 7.19. The summed E-state index contributed by atoms with van der Waals surface area (Å²) in [5.74, 6) is 0. The van der Waals surface area contributed by atoms with Gasteiger partial charge in [-0.2, -0.15) is 0 Å². The van der Waals surface area contributed by atoms with Crippen molar-refractivity contribution in [2.75, 3.05) is 19.6 Å². The normalized spacial score (nSPS) is 16.4. The highest BCUT2D eigenvalue weighted by atomic mass is 35.5. The Labute approximate surface area is 117 Å². The fraction of sp³-hybridized carbons (Fsp3) is 0.429. The standard InChI is InChI=1S/C14H17ClN2S/c1-2-17(10-7-16-8-10)9-13-14(15)11-5-3-4-6-12(11)18-13/h3-6,10,16H,2,7-9H2,1H3. The molecule has 96 valence electrons. The molecule has 4 heteroatoms. The molecule has 0 saturated carbocycles. The fourth-order valence-electron chi connectivity index (χ4n) is 2.38. The van der Waals surface area contributed by atoms with Gasteiger partial charge in [0.2, 0.25) is 0 Å². The molecule has 1 aromatic heterocycles. The molecule has 1 aliphatic heterocycles. The van der Waals surface area contributed by atoms with Gasteiger partial charge in [-0.1, -0.05) is 36.7 Å². The van der Waals surface area contributed by atoms with Crippen LogP contribution in [0.3, 0.4) is 0 Å². The topological polar surface area (TPSA) is 15.3 Å². The van der Waals surface area contributed by atoms with E-state index >= 15 is 0 Å². The van der Waals surface area contributed by atoms with Gasteiger partial charge in [0.15, 0.2) is 0 Å². The molecule has 1 aliphatic rings. The first-order valence-corrected chi connectivity index (χ1v) is 7.59. The highest BCUT2D eigenvalue weighted by Gasteiger charge is 2.24. The van der Waals surface area contributed by atoms with Crippen LogP contribution in [0.1, 0.15) is 11.8 Å². The van der Waals surface area contributed by atoms with Crippen LogP contribution in [0, 0.1) is 0 Å². The Kier molecular flexibility index (Phi) is 3.57. The zero-order chi connectivity index (χ0) is 12.5. The summed E-state index contributed by atoms with van der Waals surface area (Å²) in [7, 11) is 0. The number of hydrogen-bond acceptors (Lipinski definition) is 3. The van der Waals surface area contributed by atoms with Gasteiger partial charge in [-0.25, -0.2) is 0 Å². The van der Waals surface area contributed by atoms with Crippen molar-refractivity contribution in [3.8, 4) is 0 Å². The fourth-order valence-corrected chi connectivity index (χ4v) is 3.90. The van der Waals surface area contributed by atoms with E-state index in [4.69, 9.17) is 11.6 Å². The minimum Gasteiger partial charge on any atom is -0.314 e. The third kappa shape index (κ3) is 2.16.